The fourth-order valence-corrected chi connectivity index (χ4v) is 4.08. The van der Waals surface area contributed by atoms with Crippen LogP contribution in [0.4, 0.5) is 0 Å². The zero-order valence-electron chi connectivity index (χ0n) is 18.7. The average Bonchev–Trinajstić information content (AvgIpc) is 3.28. The Hall–Kier alpha value is -2.85. The van der Waals surface area contributed by atoms with Crippen molar-refractivity contribution in [2.45, 2.75) is 38.0 Å². The molecule has 3 aliphatic rings. The van der Waals surface area contributed by atoms with E-state index in [1.165, 1.54) is 0 Å². The highest BCUT2D eigenvalue weighted by molar-refractivity contribution is 5.86. The first-order valence-corrected chi connectivity index (χ1v) is 11.2. The lowest BCUT2D eigenvalue weighted by molar-refractivity contribution is -0.121. The monoisotopic (exact) mass is 475 g/mol. The van der Waals surface area contributed by atoms with Gasteiger partial charge in [0.2, 0.25) is 11.8 Å². The third-order valence-corrected chi connectivity index (χ3v) is 5.82. The van der Waals surface area contributed by atoms with E-state index < -0.39 is 0 Å². The molecule has 1 aliphatic carbocycles. The summed E-state index contributed by atoms with van der Waals surface area (Å²) in [6, 6.07) is 0. The molecule has 2 aliphatic heterocycles. The molecule has 1 saturated heterocycles. The number of nitrogens with zero attached hydrogens (tertiary/aromatic N) is 5. The van der Waals surface area contributed by atoms with Gasteiger partial charge in [0.25, 0.3) is 5.91 Å². The number of aryl methyl sites for hydroxylation is 1. The number of likely N-dealkylation sites (N-methyl/N-ethyl adjacent to an activating group) is 1. The summed E-state index contributed by atoms with van der Waals surface area (Å²) < 4.78 is 5.34. The van der Waals surface area contributed by atoms with E-state index in [1.54, 1.807) is 0 Å². The molecule has 2 amide bonds. The zero-order chi connectivity index (χ0) is 22.3. The number of carbonyl (C=O) groups excluding carboxylic acids is 2. The van der Waals surface area contributed by atoms with E-state index in [0.29, 0.717) is 43.6 Å². The maximum Gasteiger partial charge on any atom is 0.276 e. The Morgan fingerprint density at radius 1 is 1.27 bits per heavy atom. The summed E-state index contributed by atoms with van der Waals surface area (Å²) in [6.07, 6.45) is 11.1. The SMILES string of the molecule is CN1CCCC(c2noc(CCC(=O)NCCCNC3=C4C=CC=CC4C(=O)N=N3)n2)C1.Cl. The van der Waals surface area contributed by atoms with Gasteiger partial charge >= 0.3 is 0 Å². The van der Waals surface area contributed by atoms with Crippen molar-refractivity contribution in [3.05, 3.63) is 47.4 Å². The summed E-state index contributed by atoms with van der Waals surface area (Å²) >= 11 is 0. The van der Waals surface area contributed by atoms with Crippen molar-refractivity contribution in [3.8, 4) is 0 Å². The number of azo groups is 1. The Bertz CT molecular complexity index is 969. The highest BCUT2D eigenvalue weighted by atomic mass is 35.5. The molecule has 11 heteroatoms. The second kappa shape index (κ2) is 11.9. The number of hydrogen-bond donors (Lipinski definition) is 2. The van der Waals surface area contributed by atoms with Crippen molar-refractivity contribution in [1.82, 2.24) is 25.7 Å². The van der Waals surface area contributed by atoms with Crippen LogP contribution in [-0.4, -0.2) is 60.1 Å². The van der Waals surface area contributed by atoms with Crippen molar-refractivity contribution in [1.29, 1.82) is 0 Å². The highest BCUT2D eigenvalue weighted by Gasteiger charge is 2.27. The lowest BCUT2D eigenvalue weighted by Crippen LogP contribution is -2.31. The van der Waals surface area contributed by atoms with Gasteiger partial charge in [-0.15, -0.1) is 22.6 Å². The van der Waals surface area contributed by atoms with Gasteiger partial charge in [-0.25, -0.2) is 0 Å². The zero-order valence-corrected chi connectivity index (χ0v) is 19.5. The van der Waals surface area contributed by atoms with Gasteiger partial charge in [0.1, 0.15) is 0 Å². The van der Waals surface area contributed by atoms with Crippen LogP contribution in [0, 0.1) is 5.92 Å². The average molecular weight is 476 g/mol. The number of fused-ring (bicyclic) bond motifs is 1. The number of likely N-dealkylation sites (tertiary alicyclic amines) is 1. The molecule has 10 nitrogen and oxygen atoms in total. The fourth-order valence-electron chi connectivity index (χ4n) is 4.08. The summed E-state index contributed by atoms with van der Waals surface area (Å²) in [4.78, 5) is 30.7. The summed E-state index contributed by atoms with van der Waals surface area (Å²) in [7, 11) is 2.10. The van der Waals surface area contributed by atoms with E-state index in [-0.39, 0.29) is 30.1 Å². The van der Waals surface area contributed by atoms with Gasteiger partial charge in [-0.05, 0) is 32.9 Å². The molecule has 0 spiro atoms. The Labute approximate surface area is 199 Å². The Morgan fingerprint density at radius 2 is 2.15 bits per heavy atom. The smallest absolute Gasteiger partial charge is 0.276 e. The van der Waals surface area contributed by atoms with Gasteiger partial charge in [0, 0.05) is 44.0 Å². The van der Waals surface area contributed by atoms with Crippen LogP contribution in [0.2, 0.25) is 0 Å². The number of amides is 2. The van der Waals surface area contributed by atoms with Gasteiger partial charge in [0.05, 0.1) is 5.92 Å². The predicted octanol–water partition coefficient (Wildman–Crippen LogP) is 2.28. The van der Waals surface area contributed by atoms with E-state index in [0.717, 1.165) is 43.7 Å². The third-order valence-electron chi connectivity index (χ3n) is 5.82. The second-order valence-corrected chi connectivity index (χ2v) is 8.34. The maximum absolute atomic E-state index is 12.1. The molecule has 1 fully saturated rings. The second-order valence-electron chi connectivity index (χ2n) is 8.34. The van der Waals surface area contributed by atoms with Crippen LogP contribution in [0.3, 0.4) is 0 Å². The van der Waals surface area contributed by atoms with Crippen molar-refractivity contribution in [2.24, 2.45) is 16.1 Å². The van der Waals surface area contributed by atoms with E-state index in [1.807, 2.05) is 24.3 Å². The van der Waals surface area contributed by atoms with Gasteiger partial charge in [-0.3, -0.25) is 9.59 Å². The van der Waals surface area contributed by atoms with Crippen molar-refractivity contribution in [3.63, 3.8) is 0 Å². The number of rotatable bonds is 9. The van der Waals surface area contributed by atoms with E-state index in [9.17, 15) is 9.59 Å². The number of hydrogen-bond acceptors (Lipinski definition) is 8. The molecule has 4 rings (SSSR count). The van der Waals surface area contributed by atoms with Crippen LogP contribution >= 0.6 is 12.4 Å². The summed E-state index contributed by atoms with van der Waals surface area (Å²) in [6.45, 7) is 3.19. The molecule has 2 unspecified atom stereocenters. The molecule has 2 atom stereocenters. The largest absolute Gasteiger partial charge is 0.368 e. The maximum atomic E-state index is 12.1. The molecular weight excluding hydrogens is 446 g/mol. The minimum absolute atomic E-state index is 0. The molecule has 0 radical (unpaired) electrons. The van der Waals surface area contributed by atoms with Gasteiger partial charge in [-0.1, -0.05) is 29.5 Å². The minimum Gasteiger partial charge on any atom is -0.368 e. The van der Waals surface area contributed by atoms with Crippen LogP contribution in [0.1, 0.15) is 43.3 Å². The van der Waals surface area contributed by atoms with Crippen molar-refractivity contribution >= 4 is 24.2 Å². The number of nitrogens with one attached hydrogen (secondary N) is 2. The van der Waals surface area contributed by atoms with E-state index in [2.05, 4.69) is 43.0 Å². The number of carbonyl (C=O) groups is 2. The Balaban J connectivity index is 0.00000306. The van der Waals surface area contributed by atoms with Crippen LogP contribution in [0.15, 0.2) is 50.4 Å². The van der Waals surface area contributed by atoms with Crippen LogP contribution < -0.4 is 10.6 Å². The number of allylic oxidation sites excluding steroid dienone is 3. The van der Waals surface area contributed by atoms with Gasteiger partial charge < -0.3 is 20.1 Å². The molecule has 1 aromatic heterocycles. The lowest BCUT2D eigenvalue weighted by atomic mass is 9.93. The first kappa shape index (κ1) is 24.8. The molecule has 0 saturated carbocycles. The minimum atomic E-state index is -0.357. The van der Waals surface area contributed by atoms with Crippen LogP contribution in [-0.2, 0) is 16.0 Å². The standard InChI is InChI=1S/C22H29N7O3.ClH/c1-29-13-4-6-15(14-29)20-25-19(32-28-20)10-9-18(30)23-11-5-12-24-21-16-7-2-3-8-17(16)22(31)27-26-21;/h2-3,7-8,15,17,24H,4-6,9-14H2,1H3,(H,23,30);1H. The normalized spacial score (nSPS) is 22.2. The molecular formula is C22H30ClN7O3. The molecule has 178 valence electrons. The summed E-state index contributed by atoms with van der Waals surface area (Å²) in [5, 5.41) is 17.9. The first-order chi connectivity index (χ1) is 15.6. The van der Waals surface area contributed by atoms with Gasteiger partial charge in [-0.2, -0.15) is 4.98 Å². The summed E-state index contributed by atoms with van der Waals surface area (Å²) in [5.74, 6) is 1.52. The molecule has 0 bridgehead atoms. The van der Waals surface area contributed by atoms with Crippen LogP contribution in [0.25, 0.3) is 0 Å². The first-order valence-electron chi connectivity index (χ1n) is 11.2. The van der Waals surface area contributed by atoms with Crippen LogP contribution in [0.5, 0.6) is 0 Å². The highest BCUT2D eigenvalue weighted by Crippen LogP contribution is 2.27. The number of aromatic nitrogens is 2. The van der Waals surface area contributed by atoms with E-state index >= 15 is 0 Å². The van der Waals surface area contributed by atoms with E-state index in [4.69, 9.17) is 4.52 Å². The van der Waals surface area contributed by atoms with Gasteiger partial charge in [0.15, 0.2) is 11.6 Å². The number of halogens is 1. The Morgan fingerprint density at radius 3 is 3.00 bits per heavy atom. The Kier molecular flexibility index (Phi) is 8.90. The van der Waals surface area contributed by atoms with Crippen molar-refractivity contribution in [2.75, 3.05) is 33.2 Å². The molecule has 3 heterocycles. The third kappa shape index (κ3) is 6.58. The molecule has 0 aromatic carbocycles. The lowest BCUT2D eigenvalue weighted by Gasteiger charge is -2.27. The molecule has 2 N–H and O–H groups in total. The fraction of sp³-hybridized carbons (Fsp3) is 0.545. The molecule has 33 heavy (non-hydrogen) atoms. The summed E-state index contributed by atoms with van der Waals surface area (Å²) in [5.41, 5.74) is 0.829. The molecule has 1 aromatic rings. The number of piperidine rings is 1. The quantitative estimate of drug-likeness (QED) is 0.525. The topological polar surface area (TPSA) is 125 Å². The predicted molar refractivity (Wildman–Crippen MR) is 124 cm³/mol. The van der Waals surface area contributed by atoms with Crippen molar-refractivity contribution < 1.29 is 14.1 Å².